The van der Waals surface area contributed by atoms with Crippen molar-refractivity contribution in [2.24, 2.45) is 14.1 Å². The van der Waals surface area contributed by atoms with E-state index in [9.17, 15) is 26.3 Å². The molecule has 15 heteroatoms. The summed E-state index contributed by atoms with van der Waals surface area (Å²) in [6.45, 7) is 0. The number of nitrogen functional groups attached to an aromatic ring is 1. The first kappa shape index (κ1) is 34.1. The van der Waals surface area contributed by atoms with E-state index in [-0.39, 0.29) is 43.6 Å². The largest absolute Gasteiger partial charge is 0.417 e. The van der Waals surface area contributed by atoms with Crippen LogP contribution in [-0.4, -0.2) is 29.5 Å². The molecule has 7 rings (SSSR count). The number of hydrogen-bond donors (Lipinski definition) is 1. The zero-order valence-corrected chi connectivity index (χ0v) is 27.6. The fourth-order valence-electron chi connectivity index (χ4n) is 5.61. The van der Waals surface area contributed by atoms with Gasteiger partial charge in [-0.15, -0.1) is 0 Å². The quantitative estimate of drug-likeness (QED) is 0.110. The molecular weight excluding hydrogens is 726 g/mol. The lowest BCUT2D eigenvalue weighted by atomic mass is 10.0. The molecule has 2 N–H and O–H groups in total. The van der Waals surface area contributed by atoms with E-state index in [4.69, 9.17) is 11.0 Å². The Kier molecular flexibility index (Phi) is 8.83. The van der Waals surface area contributed by atoms with Crippen LogP contribution in [0.3, 0.4) is 0 Å². The van der Waals surface area contributed by atoms with Gasteiger partial charge in [-0.05, 0) is 40.2 Å². The average molecular weight is 750 g/mol. The molecule has 0 saturated heterocycles. The standard InChI is InChI=1S/C21H14F3N5.C14H9BrF3N3/c1-29-19(12-5-3-2-4-6-12)18-15(21(22,23)24)10-17(27-20(18)28-29)13-7-8-16(26)14(9-13)11-25;1-21-12(8-5-3-2-4-6-8)11-9(14(16,17)18)7-10(15)19-13(11)20-21/h2-10H,26H2,1H3;2-7H,1H3. The molecule has 0 aliphatic carbocycles. The zero-order valence-electron chi connectivity index (χ0n) is 26.0. The molecular formula is C35H23BrF6N8. The van der Waals surface area contributed by atoms with Gasteiger partial charge in [0.15, 0.2) is 11.3 Å². The molecule has 0 atom stereocenters. The van der Waals surface area contributed by atoms with Gasteiger partial charge in [-0.3, -0.25) is 9.36 Å². The lowest BCUT2D eigenvalue weighted by molar-refractivity contribution is -0.137. The molecule has 3 aromatic carbocycles. The maximum atomic E-state index is 14.0. The predicted octanol–water partition coefficient (Wildman–Crippen LogP) is 9.19. The van der Waals surface area contributed by atoms with E-state index >= 15 is 0 Å². The summed E-state index contributed by atoms with van der Waals surface area (Å²) >= 11 is 3.01. The second kappa shape index (κ2) is 12.9. The van der Waals surface area contributed by atoms with Crippen molar-refractivity contribution in [3.05, 3.63) is 112 Å². The van der Waals surface area contributed by atoms with Crippen molar-refractivity contribution in [3.8, 4) is 39.8 Å². The fraction of sp³-hybridized carbons (Fsp3) is 0.114. The number of pyridine rings is 2. The average Bonchev–Trinajstić information content (AvgIpc) is 3.58. The highest BCUT2D eigenvalue weighted by Crippen LogP contribution is 2.42. The lowest BCUT2D eigenvalue weighted by Crippen LogP contribution is -2.07. The van der Waals surface area contributed by atoms with Crippen molar-refractivity contribution in [2.45, 2.75) is 12.4 Å². The minimum Gasteiger partial charge on any atom is -0.398 e. The number of anilines is 1. The summed E-state index contributed by atoms with van der Waals surface area (Å²) in [6, 6.07) is 25.9. The summed E-state index contributed by atoms with van der Waals surface area (Å²) in [5, 5.41) is 17.4. The number of benzene rings is 3. The monoisotopic (exact) mass is 748 g/mol. The topological polar surface area (TPSA) is 111 Å². The summed E-state index contributed by atoms with van der Waals surface area (Å²) in [4.78, 5) is 8.39. The highest BCUT2D eigenvalue weighted by Gasteiger charge is 2.37. The van der Waals surface area contributed by atoms with Crippen molar-refractivity contribution in [1.82, 2.24) is 29.5 Å². The molecule has 7 aromatic rings. The highest BCUT2D eigenvalue weighted by atomic mass is 79.9. The van der Waals surface area contributed by atoms with E-state index in [1.807, 2.05) is 12.1 Å². The van der Waals surface area contributed by atoms with Crippen molar-refractivity contribution in [3.63, 3.8) is 0 Å². The van der Waals surface area contributed by atoms with Gasteiger partial charge in [0.05, 0.1) is 44.5 Å². The summed E-state index contributed by atoms with van der Waals surface area (Å²) in [5.74, 6) is 0. The molecule has 0 aliphatic heterocycles. The highest BCUT2D eigenvalue weighted by molar-refractivity contribution is 9.10. The van der Waals surface area contributed by atoms with Crippen molar-refractivity contribution in [2.75, 3.05) is 5.73 Å². The van der Waals surface area contributed by atoms with E-state index in [2.05, 4.69) is 36.1 Å². The van der Waals surface area contributed by atoms with Gasteiger partial charge < -0.3 is 5.73 Å². The second-order valence-corrected chi connectivity index (χ2v) is 11.8. The van der Waals surface area contributed by atoms with E-state index in [1.165, 1.54) is 27.6 Å². The van der Waals surface area contributed by atoms with E-state index < -0.39 is 23.5 Å². The van der Waals surface area contributed by atoms with Crippen LogP contribution in [-0.2, 0) is 26.4 Å². The molecule has 0 radical (unpaired) electrons. The molecule has 0 aliphatic rings. The van der Waals surface area contributed by atoms with E-state index in [1.54, 1.807) is 68.7 Å². The Hall–Kier alpha value is -5.75. The van der Waals surface area contributed by atoms with Crippen LogP contribution < -0.4 is 5.73 Å². The van der Waals surface area contributed by atoms with Gasteiger partial charge in [0.1, 0.15) is 10.7 Å². The van der Waals surface area contributed by atoms with Gasteiger partial charge in [-0.2, -0.15) is 41.8 Å². The first-order valence-corrected chi connectivity index (χ1v) is 15.4. The molecule has 0 fully saturated rings. The number of nitrogens with two attached hydrogens (primary N) is 1. The summed E-state index contributed by atoms with van der Waals surface area (Å²) < 4.78 is 84.9. The first-order valence-electron chi connectivity index (χ1n) is 14.6. The maximum absolute atomic E-state index is 14.0. The Bertz CT molecular complexity index is 2410. The minimum atomic E-state index is -4.62. The smallest absolute Gasteiger partial charge is 0.398 e. The van der Waals surface area contributed by atoms with Crippen LogP contribution in [0.1, 0.15) is 16.7 Å². The molecule has 8 nitrogen and oxygen atoms in total. The number of nitrogens with zero attached hydrogens (tertiary/aromatic N) is 7. The number of alkyl halides is 6. The van der Waals surface area contributed by atoms with Crippen molar-refractivity contribution >= 4 is 43.7 Å². The lowest BCUT2D eigenvalue weighted by Gasteiger charge is -2.12. The Labute approximate surface area is 288 Å². The first-order chi connectivity index (χ1) is 23.7. The predicted molar refractivity (Wildman–Crippen MR) is 180 cm³/mol. The Morgan fingerprint density at radius 2 is 1.14 bits per heavy atom. The summed E-state index contributed by atoms with van der Waals surface area (Å²) in [6.07, 6.45) is -9.09. The molecule has 4 heterocycles. The molecule has 252 valence electrons. The number of hydrogen-bond acceptors (Lipinski definition) is 6. The van der Waals surface area contributed by atoms with Crippen molar-refractivity contribution < 1.29 is 26.3 Å². The van der Waals surface area contributed by atoms with Crippen LogP contribution in [0.5, 0.6) is 0 Å². The van der Waals surface area contributed by atoms with E-state index in [0.717, 1.165) is 12.1 Å². The molecule has 0 bridgehead atoms. The number of rotatable bonds is 3. The Balaban J connectivity index is 0.000000182. The SMILES string of the molecule is Cn1nc2nc(-c3ccc(N)c(C#N)c3)cc(C(F)(F)F)c2c1-c1ccccc1.Cn1nc2nc(Br)cc(C(F)(F)F)c2c1-c1ccccc1. The summed E-state index contributed by atoms with van der Waals surface area (Å²) in [5.41, 5.74) is 7.04. The molecule has 0 saturated carbocycles. The fourth-order valence-corrected chi connectivity index (χ4v) is 6.01. The van der Waals surface area contributed by atoms with Crippen LogP contribution in [0, 0.1) is 11.3 Å². The molecule has 0 spiro atoms. The minimum absolute atomic E-state index is 0.0133. The van der Waals surface area contributed by atoms with Gasteiger partial charge in [-0.1, -0.05) is 66.7 Å². The number of aryl methyl sites for hydroxylation is 2. The normalized spacial score (nSPS) is 11.8. The Morgan fingerprint density at radius 1 is 0.660 bits per heavy atom. The van der Waals surface area contributed by atoms with Gasteiger partial charge in [0.25, 0.3) is 0 Å². The van der Waals surface area contributed by atoms with Crippen LogP contribution in [0.4, 0.5) is 32.0 Å². The molecule has 4 aromatic heterocycles. The third-order valence-corrected chi connectivity index (χ3v) is 8.16. The van der Waals surface area contributed by atoms with Crippen LogP contribution in [0.15, 0.2) is 95.6 Å². The van der Waals surface area contributed by atoms with E-state index in [0.29, 0.717) is 28.1 Å². The van der Waals surface area contributed by atoms with Crippen molar-refractivity contribution in [1.29, 1.82) is 5.26 Å². The summed E-state index contributed by atoms with van der Waals surface area (Å²) in [7, 11) is 3.19. The number of aromatic nitrogens is 6. The molecule has 0 unspecified atom stereocenters. The van der Waals surface area contributed by atoms with Gasteiger partial charge in [0, 0.05) is 36.5 Å². The second-order valence-electron chi connectivity index (χ2n) is 11.0. The van der Waals surface area contributed by atoms with Gasteiger partial charge >= 0.3 is 12.4 Å². The molecule has 50 heavy (non-hydrogen) atoms. The third kappa shape index (κ3) is 6.49. The number of halogens is 7. The van der Waals surface area contributed by atoms with Crippen LogP contribution >= 0.6 is 15.9 Å². The third-order valence-electron chi connectivity index (χ3n) is 7.75. The van der Waals surface area contributed by atoms with Gasteiger partial charge in [-0.25, -0.2) is 9.97 Å². The molecule has 0 amide bonds. The number of fused-ring (bicyclic) bond motifs is 2. The number of nitriles is 1. The maximum Gasteiger partial charge on any atom is 0.417 e. The van der Waals surface area contributed by atoms with Crippen LogP contribution in [0.2, 0.25) is 0 Å². The van der Waals surface area contributed by atoms with Gasteiger partial charge in [0.2, 0.25) is 0 Å². The zero-order chi connectivity index (χ0) is 36.0. The van der Waals surface area contributed by atoms with Crippen LogP contribution in [0.25, 0.3) is 55.8 Å². The Morgan fingerprint density at radius 3 is 1.62 bits per heavy atom.